The molecule has 2 aromatic rings. The van der Waals surface area contributed by atoms with Gasteiger partial charge in [-0.05, 0) is 44.4 Å². The first kappa shape index (κ1) is 24.9. The maximum Gasteiger partial charge on any atom is 0.305 e. The van der Waals surface area contributed by atoms with Gasteiger partial charge in [0.05, 0.1) is 18.7 Å². The predicted molar refractivity (Wildman–Crippen MR) is 123 cm³/mol. The van der Waals surface area contributed by atoms with Crippen molar-refractivity contribution in [1.82, 2.24) is 10.6 Å². The highest BCUT2D eigenvalue weighted by molar-refractivity contribution is 5.96. The van der Waals surface area contributed by atoms with Crippen molar-refractivity contribution in [1.29, 1.82) is 0 Å². The average molecular weight is 441 g/mol. The molecular weight excluding hydrogens is 408 g/mol. The zero-order valence-corrected chi connectivity index (χ0v) is 18.8. The summed E-state index contributed by atoms with van der Waals surface area (Å²) < 4.78 is 10.6. The normalized spacial score (nSPS) is 10.3. The Morgan fingerprint density at radius 2 is 1.66 bits per heavy atom. The van der Waals surface area contributed by atoms with Gasteiger partial charge >= 0.3 is 5.97 Å². The van der Waals surface area contributed by atoms with E-state index in [1.54, 1.807) is 18.2 Å². The number of para-hydroxylation sites is 1. The third-order valence-electron chi connectivity index (χ3n) is 4.72. The maximum atomic E-state index is 12.3. The number of amides is 2. The molecule has 0 aliphatic carbocycles. The van der Waals surface area contributed by atoms with Crippen molar-refractivity contribution in [3.63, 3.8) is 0 Å². The first-order chi connectivity index (χ1) is 15.5. The first-order valence-corrected chi connectivity index (χ1v) is 11.0. The van der Waals surface area contributed by atoms with Gasteiger partial charge in [-0.1, -0.05) is 42.0 Å². The number of hydrogen-bond donors (Lipinski definition) is 2. The quantitative estimate of drug-likeness (QED) is 0.369. The van der Waals surface area contributed by atoms with Crippen LogP contribution in [0.1, 0.15) is 47.7 Å². The van der Waals surface area contributed by atoms with Gasteiger partial charge in [-0.2, -0.15) is 0 Å². The summed E-state index contributed by atoms with van der Waals surface area (Å²) in [5.41, 5.74) is 2.77. The molecule has 0 aliphatic heterocycles. The molecule has 32 heavy (non-hydrogen) atoms. The Hall–Kier alpha value is -3.35. The van der Waals surface area contributed by atoms with Crippen LogP contribution in [-0.4, -0.2) is 44.1 Å². The van der Waals surface area contributed by atoms with Gasteiger partial charge in [0.2, 0.25) is 5.91 Å². The van der Waals surface area contributed by atoms with Crippen molar-refractivity contribution in [3.05, 3.63) is 65.2 Å². The van der Waals surface area contributed by atoms with E-state index < -0.39 is 0 Å². The monoisotopic (exact) mass is 440 g/mol. The largest absolute Gasteiger partial charge is 0.493 e. The number of rotatable bonds is 13. The lowest BCUT2D eigenvalue weighted by Gasteiger charge is -2.10. The summed E-state index contributed by atoms with van der Waals surface area (Å²) in [4.78, 5) is 36.0. The Morgan fingerprint density at radius 3 is 2.41 bits per heavy atom. The molecule has 2 rings (SSSR count). The van der Waals surface area contributed by atoms with Crippen molar-refractivity contribution in [2.45, 2.75) is 39.5 Å². The second-order valence-electron chi connectivity index (χ2n) is 7.34. The zero-order valence-electron chi connectivity index (χ0n) is 18.8. The lowest BCUT2D eigenvalue weighted by molar-refractivity contribution is -0.144. The number of esters is 1. The van der Waals surface area contributed by atoms with Crippen molar-refractivity contribution in [3.8, 4) is 5.75 Å². The second kappa shape index (κ2) is 13.9. The van der Waals surface area contributed by atoms with Gasteiger partial charge in [0.1, 0.15) is 12.4 Å². The zero-order chi connectivity index (χ0) is 23.2. The van der Waals surface area contributed by atoms with E-state index in [1.807, 2.05) is 44.2 Å². The van der Waals surface area contributed by atoms with Gasteiger partial charge in [0.25, 0.3) is 5.91 Å². The fourth-order valence-electron chi connectivity index (χ4n) is 2.99. The van der Waals surface area contributed by atoms with Crippen LogP contribution in [-0.2, 0) is 20.7 Å². The van der Waals surface area contributed by atoms with Crippen LogP contribution in [0.25, 0.3) is 0 Å². The molecule has 0 bridgehead atoms. The Kier molecular flexibility index (Phi) is 10.8. The maximum absolute atomic E-state index is 12.3. The summed E-state index contributed by atoms with van der Waals surface area (Å²) in [6.45, 7) is 5.12. The van der Waals surface area contributed by atoms with E-state index in [9.17, 15) is 14.4 Å². The summed E-state index contributed by atoms with van der Waals surface area (Å²) in [6.07, 6.45) is 1.72. The molecule has 0 atom stereocenters. The van der Waals surface area contributed by atoms with Crippen LogP contribution >= 0.6 is 0 Å². The van der Waals surface area contributed by atoms with Crippen molar-refractivity contribution in [2.75, 3.05) is 26.3 Å². The number of carbonyl (C=O) groups is 3. The number of hydrogen-bond acceptors (Lipinski definition) is 5. The molecule has 0 aromatic heterocycles. The molecule has 172 valence electrons. The van der Waals surface area contributed by atoms with Gasteiger partial charge in [-0.25, -0.2) is 0 Å². The van der Waals surface area contributed by atoms with Crippen LogP contribution in [0.3, 0.4) is 0 Å². The first-order valence-electron chi connectivity index (χ1n) is 11.0. The third kappa shape index (κ3) is 9.20. The Balaban J connectivity index is 1.53. The van der Waals surface area contributed by atoms with Crippen LogP contribution in [0.15, 0.2) is 48.5 Å². The molecule has 0 spiro atoms. The standard InChI is InChI=1S/C25H32N2O5/c1-3-31-22-8-5-4-7-21(22)25(30)27-16-6-9-24(29)32-18-17-26-23(28)15-14-20-12-10-19(2)11-13-20/h4-5,7-8,10-13H,3,6,9,14-18H2,1-2H3,(H,26,28)(H,27,30). The topological polar surface area (TPSA) is 93.7 Å². The van der Waals surface area contributed by atoms with Crippen molar-refractivity contribution in [2.24, 2.45) is 0 Å². The van der Waals surface area contributed by atoms with Gasteiger partial charge in [-0.15, -0.1) is 0 Å². The van der Waals surface area contributed by atoms with E-state index in [-0.39, 0.29) is 37.4 Å². The lowest BCUT2D eigenvalue weighted by Crippen LogP contribution is -2.28. The highest BCUT2D eigenvalue weighted by atomic mass is 16.5. The van der Waals surface area contributed by atoms with Crippen LogP contribution in [0, 0.1) is 6.92 Å². The number of aryl methyl sites for hydroxylation is 2. The van der Waals surface area contributed by atoms with E-state index in [1.165, 1.54) is 5.56 Å². The molecule has 0 aliphatic rings. The number of nitrogens with one attached hydrogen (secondary N) is 2. The number of benzene rings is 2. The summed E-state index contributed by atoms with van der Waals surface area (Å²) in [5, 5.41) is 5.53. The van der Waals surface area contributed by atoms with Crippen LogP contribution in [0.2, 0.25) is 0 Å². The summed E-state index contributed by atoms with van der Waals surface area (Å²) in [6, 6.07) is 15.1. The van der Waals surface area contributed by atoms with Gasteiger partial charge in [0, 0.05) is 19.4 Å². The average Bonchev–Trinajstić information content (AvgIpc) is 2.79. The van der Waals surface area contributed by atoms with E-state index in [4.69, 9.17) is 9.47 Å². The van der Waals surface area contributed by atoms with Crippen LogP contribution in [0.5, 0.6) is 5.75 Å². The van der Waals surface area contributed by atoms with E-state index in [0.29, 0.717) is 43.7 Å². The SMILES string of the molecule is CCOc1ccccc1C(=O)NCCCC(=O)OCCNC(=O)CCc1ccc(C)cc1. The minimum Gasteiger partial charge on any atom is -0.493 e. The molecule has 0 saturated heterocycles. The van der Waals surface area contributed by atoms with E-state index in [2.05, 4.69) is 10.6 Å². The molecule has 2 N–H and O–H groups in total. The molecule has 7 heteroatoms. The molecule has 0 heterocycles. The van der Waals surface area contributed by atoms with Crippen molar-refractivity contribution < 1.29 is 23.9 Å². The smallest absolute Gasteiger partial charge is 0.305 e. The Morgan fingerprint density at radius 1 is 0.906 bits per heavy atom. The van der Waals surface area contributed by atoms with E-state index in [0.717, 1.165) is 5.56 Å². The fourth-order valence-corrected chi connectivity index (χ4v) is 2.99. The highest BCUT2D eigenvalue weighted by Crippen LogP contribution is 2.17. The molecule has 0 unspecified atom stereocenters. The summed E-state index contributed by atoms with van der Waals surface area (Å²) in [5.74, 6) is -0.136. The molecule has 0 fully saturated rings. The van der Waals surface area contributed by atoms with Crippen LogP contribution < -0.4 is 15.4 Å². The minimum atomic E-state index is -0.358. The third-order valence-corrected chi connectivity index (χ3v) is 4.72. The van der Waals surface area contributed by atoms with Crippen molar-refractivity contribution >= 4 is 17.8 Å². The summed E-state index contributed by atoms with van der Waals surface area (Å²) >= 11 is 0. The minimum absolute atomic E-state index is 0.0725. The van der Waals surface area contributed by atoms with Crippen LogP contribution in [0.4, 0.5) is 0 Å². The van der Waals surface area contributed by atoms with Gasteiger partial charge < -0.3 is 20.1 Å². The molecule has 2 aromatic carbocycles. The Labute approximate surface area is 189 Å². The molecule has 2 amide bonds. The van der Waals surface area contributed by atoms with Gasteiger partial charge in [-0.3, -0.25) is 14.4 Å². The Bertz CT molecular complexity index is 880. The molecular formula is C25H32N2O5. The number of ether oxygens (including phenoxy) is 2. The molecule has 0 saturated carbocycles. The predicted octanol–water partition coefficient (Wildman–Crippen LogP) is 3.20. The lowest BCUT2D eigenvalue weighted by atomic mass is 10.1. The number of carbonyl (C=O) groups excluding carboxylic acids is 3. The molecule has 7 nitrogen and oxygen atoms in total. The molecule has 0 radical (unpaired) electrons. The van der Waals surface area contributed by atoms with Gasteiger partial charge in [0.15, 0.2) is 0 Å². The summed E-state index contributed by atoms with van der Waals surface area (Å²) in [7, 11) is 0. The van der Waals surface area contributed by atoms with E-state index >= 15 is 0 Å². The second-order valence-corrected chi connectivity index (χ2v) is 7.34. The highest BCUT2D eigenvalue weighted by Gasteiger charge is 2.11. The fraction of sp³-hybridized carbons (Fsp3) is 0.400.